The van der Waals surface area contributed by atoms with Gasteiger partial charge in [-0.1, -0.05) is 18.2 Å². The molecule has 0 saturated carbocycles. The van der Waals surface area contributed by atoms with Crippen molar-refractivity contribution in [3.8, 4) is 5.75 Å². The number of benzene rings is 2. The third kappa shape index (κ3) is 2.72. The lowest BCUT2D eigenvalue weighted by Gasteiger charge is -1.98. The molecule has 1 heterocycles. The van der Waals surface area contributed by atoms with E-state index < -0.39 is 0 Å². The van der Waals surface area contributed by atoms with Gasteiger partial charge in [-0.2, -0.15) is 0 Å². The number of phenolic OH excluding ortho intramolecular Hbond substituents is 1. The first-order valence-corrected chi connectivity index (χ1v) is 6.05. The minimum atomic E-state index is -0.106. The highest BCUT2D eigenvalue weighted by Crippen LogP contribution is 2.23. The Morgan fingerprint density at radius 1 is 1.00 bits per heavy atom. The van der Waals surface area contributed by atoms with E-state index in [1.165, 1.54) is 23.3 Å². The van der Waals surface area contributed by atoms with E-state index in [1.807, 2.05) is 24.3 Å². The van der Waals surface area contributed by atoms with E-state index in [2.05, 4.69) is 10.4 Å². The predicted molar refractivity (Wildman–Crippen MR) is 75.2 cm³/mol. The molecule has 20 heavy (non-hydrogen) atoms. The largest absolute Gasteiger partial charge is 0.508 e. The van der Waals surface area contributed by atoms with Crippen molar-refractivity contribution in [3.63, 3.8) is 0 Å². The first-order chi connectivity index (χ1) is 9.72. The summed E-state index contributed by atoms with van der Waals surface area (Å²) >= 11 is 0. The number of allylic oxidation sites excluding steroid dienone is 1. The van der Waals surface area contributed by atoms with Gasteiger partial charge in [-0.25, -0.2) is 0 Å². The maximum atomic E-state index is 11.9. The van der Waals surface area contributed by atoms with Crippen molar-refractivity contribution in [1.82, 2.24) is 0 Å². The second-order valence-electron chi connectivity index (χ2n) is 4.30. The van der Waals surface area contributed by atoms with Crippen LogP contribution in [0, 0.1) is 0 Å². The molecule has 0 unspecified atom stereocenters. The number of ketones is 1. The van der Waals surface area contributed by atoms with Gasteiger partial charge in [0.25, 0.3) is 0 Å². The molecule has 0 aromatic heterocycles. The maximum absolute atomic E-state index is 11.9. The molecule has 0 atom stereocenters. The quantitative estimate of drug-likeness (QED) is 0.680. The Balaban J connectivity index is 1.69. The summed E-state index contributed by atoms with van der Waals surface area (Å²) in [6.45, 7) is 0. The molecular formula is C15H11N3O2. The molecule has 0 bridgehead atoms. The molecule has 0 fully saturated rings. The Kier molecular flexibility index (Phi) is 3.01. The molecule has 0 aliphatic carbocycles. The standard InChI is InChI=1S/C15H11N3O2/c19-14-8-4-12(5-9-14)15(20)10-3-11-1-6-13(7-2-11)18-16-17-18/h1-10,19H/b10-3+. The number of hydrogen-bond donors (Lipinski definition) is 1. The Morgan fingerprint density at radius 2 is 1.65 bits per heavy atom. The van der Waals surface area contributed by atoms with Crippen molar-refractivity contribution < 1.29 is 9.90 Å². The number of nitrogens with zero attached hydrogens (tertiary/aromatic N) is 3. The second-order valence-corrected chi connectivity index (χ2v) is 4.30. The lowest BCUT2D eigenvalue weighted by Crippen LogP contribution is -1.93. The van der Waals surface area contributed by atoms with Gasteiger partial charge in [-0.05, 0) is 58.5 Å². The van der Waals surface area contributed by atoms with Gasteiger partial charge in [0.1, 0.15) is 5.75 Å². The van der Waals surface area contributed by atoms with Gasteiger partial charge in [-0.3, -0.25) is 4.79 Å². The van der Waals surface area contributed by atoms with Crippen molar-refractivity contribution in [1.29, 1.82) is 0 Å². The van der Waals surface area contributed by atoms with E-state index in [4.69, 9.17) is 0 Å². The highest BCUT2D eigenvalue weighted by molar-refractivity contribution is 6.06. The Labute approximate surface area is 115 Å². The first kappa shape index (κ1) is 12.1. The summed E-state index contributed by atoms with van der Waals surface area (Å²) in [4.78, 5) is 11.9. The topological polar surface area (TPSA) is 65.0 Å². The molecule has 1 aliphatic heterocycles. The van der Waals surface area contributed by atoms with Crippen LogP contribution in [0.4, 0.5) is 5.69 Å². The normalized spacial score (nSPS) is 12.9. The molecule has 0 saturated heterocycles. The van der Waals surface area contributed by atoms with Crippen molar-refractivity contribution in [2.45, 2.75) is 0 Å². The average molecular weight is 265 g/mol. The van der Waals surface area contributed by atoms with Crippen LogP contribution in [0.1, 0.15) is 15.9 Å². The number of anilines is 1. The number of rotatable bonds is 4. The van der Waals surface area contributed by atoms with E-state index in [1.54, 1.807) is 18.2 Å². The third-order valence-corrected chi connectivity index (χ3v) is 2.88. The summed E-state index contributed by atoms with van der Waals surface area (Å²) in [6.07, 6.45) is 3.25. The molecule has 5 heteroatoms. The SMILES string of the molecule is O=C(/C=C/c1ccc(N2N=N2)cc1)c1ccc(O)cc1. The van der Waals surface area contributed by atoms with Crippen LogP contribution in [0.2, 0.25) is 0 Å². The summed E-state index contributed by atoms with van der Waals surface area (Å²) in [7, 11) is 0. The minimum absolute atomic E-state index is 0.106. The zero-order valence-corrected chi connectivity index (χ0v) is 10.5. The fourth-order valence-electron chi connectivity index (χ4n) is 1.74. The van der Waals surface area contributed by atoms with Crippen molar-refractivity contribution >= 4 is 17.5 Å². The maximum Gasteiger partial charge on any atom is 0.185 e. The van der Waals surface area contributed by atoms with Crippen molar-refractivity contribution in [3.05, 3.63) is 65.7 Å². The van der Waals surface area contributed by atoms with E-state index in [-0.39, 0.29) is 11.5 Å². The molecule has 0 spiro atoms. The number of phenols is 1. The van der Waals surface area contributed by atoms with Crippen LogP contribution >= 0.6 is 0 Å². The van der Waals surface area contributed by atoms with E-state index >= 15 is 0 Å². The van der Waals surface area contributed by atoms with Crippen molar-refractivity contribution in [2.75, 3.05) is 5.12 Å². The van der Waals surface area contributed by atoms with Gasteiger partial charge in [-0.15, -0.1) is 5.12 Å². The van der Waals surface area contributed by atoms with Crippen LogP contribution in [-0.4, -0.2) is 10.9 Å². The molecule has 1 aliphatic rings. The van der Waals surface area contributed by atoms with Gasteiger partial charge in [0.05, 0.1) is 5.69 Å². The zero-order valence-electron chi connectivity index (χ0n) is 10.5. The van der Waals surface area contributed by atoms with Crippen LogP contribution in [0.15, 0.2) is 65.1 Å². The first-order valence-electron chi connectivity index (χ1n) is 6.05. The zero-order chi connectivity index (χ0) is 13.9. The molecule has 3 rings (SSSR count). The van der Waals surface area contributed by atoms with Crippen LogP contribution in [0.25, 0.3) is 6.08 Å². The summed E-state index contributed by atoms with van der Waals surface area (Å²) in [5.41, 5.74) is 2.35. The fourth-order valence-corrected chi connectivity index (χ4v) is 1.74. The predicted octanol–water partition coefficient (Wildman–Crippen LogP) is 3.39. The highest BCUT2D eigenvalue weighted by atomic mass is 16.3. The Bertz CT molecular complexity index is 682. The molecule has 5 nitrogen and oxygen atoms in total. The summed E-state index contributed by atoms with van der Waals surface area (Å²) in [5.74, 6) is 0.0389. The smallest absolute Gasteiger partial charge is 0.185 e. The number of carbonyl (C=O) groups is 1. The third-order valence-electron chi connectivity index (χ3n) is 2.88. The van der Waals surface area contributed by atoms with Gasteiger partial charge >= 0.3 is 0 Å². The van der Waals surface area contributed by atoms with Gasteiger partial charge < -0.3 is 5.11 Å². The van der Waals surface area contributed by atoms with Crippen LogP contribution in [0.5, 0.6) is 5.75 Å². The van der Waals surface area contributed by atoms with Gasteiger partial charge in [0.2, 0.25) is 0 Å². The van der Waals surface area contributed by atoms with E-state index in [0.29, 0.717) is 5.56 Å². The van der Waals surface area contributed by atoms with Crippen molar-refractivity contribution in [2.24, 2.45) is 10.4 Å². The van der Waals surface area contributed by atoms with E-state index in [9.17, 15) is 9.90 Å². The molecule has 98 valence electrons. The van der Waals surface area contributed by atoms with Crippen LogP contribution in [0.3, 0.4) is 0 Å². The Hall–Kier alpha value is -2.95. The van der Waals surface area contributed by atoms with Crippen LogP contribution < -0.4 is 5.12 Å². The summed E-state index contributed by atoms with van der Waals surface area (Å²) in [5, 5.41) is 18.1. The molecule has 1 N–H and O–H groups in total. The lowest BCUT2D eigenvalue weighted by molar-refractivity contribution is 0.104. The van der Waals surface area contributed by atoms with Crippen LogP contribution in [-0.2, 0) is 0 Å². The summed E-state index contributed by atoms with van der Waals surface area (Å²) in [6, 6.07) is 13.7. The average Bonchev–Trinajstić information content (AvgIpc) is 3.31. The molecule has 2 aromatic rings. The monoisotopic (exact) mass is 265 g/mol. The molecule has 0 radical (unpaired) electrons. The van der Waals surface area contributed by atoms with Gasteiger partial charge in [0.15, 0.2) is 5.78 Å². The highest BCUT2D eigenvalue weighted by Gasteiger charge is 2.12. The molecule has 2 aromatic carbocycles. The number of carbonyl (C=O) groups excluding carboxylic acids is 1. The number of aromatic hydroxyl groups is 1. The number of hydrogen-bond acceptors (Lipinski definition) is 5. The summed E-state index contributed by atoms with van der Waals surface area (Å²) < 4.78 is 0. The molecule has 0 amide bonds. The lowest BCUT2D eigenvalue weighted by atomic mass is 10.1. The fraction of sp³-hybridized carbons (Fsp3) is 0. The minimum Gasteiger partial charge on any atom is -0.508 e. The van der Waals surface area contributed by atoms with E-state index in [0.717, 1.165) is 11.3 Å². The Morgan fingerprint density at radius 3 is 2.25 bits per heavy atom. The molecular weight excluding hydrogens is 254 g/mol. The second kappa shape index (κ2) is 4.97. The van der Waals surface area contributed by atoms with Gasteiger partial charge in [0, 0.05) is 5.56 Å².